The molecule has 0 spiro atoms. The van der Waals surface area contributed by atoms with E-state index in [1.807, 2.05) is 13.0 Å². The van der Waals surface area contributed by atoms with E-state index in [0.717, 1.165) is 5.76 Å². The summed E-state index contributed by atoms with van der Waals surface area (Å²) in [6.07, 6.45) is 2.90. The zero-order chi connectivity index (χ0) is 16.4. The number of carbonyl (C=O) groups is 2. The van der Waals surface area contributed by atoms with Gasteiger partial charge >= 0.3 is 0 Å². The van der Waals surface area contributed by atoms with E-state index in [0.29, 0.717) is 28.5 Å². The largest absolute Gasteiger partial charge is 0.462 e. The summed E-state index contributed by atoms with van der Waals surface area (Å²) in [5, 5.41) is 2.67. The van der Waals surface area contributed by atoms with Crippen LogP contribution in [0, 0.1) is 6.92 Å². The number of carbonyl (C=O) groups excluding carboxylic acids is 2. The molecular formula is C17H15NO5. The van der Waals surface area contributed by atoms with Crippen molar-refractivity contribution in [3.05, 3.63) is 47.4 Å². The summed E-state index contributed by atoms with van der Waals surface area (Å²) in [6.45, 7) is 3.35. The zero-order valence-electron chi connectivity index (χ0n) is 12.7. The lowest BCUT2D eigenvalue weighted by atomic mass is 10.1. The van der Waals surface area contributed by atoms with Gasteiger partial charge in [-0.05, 0) is 38.1 Å². The predicted molar refractivity (Wildman–Crippen MR) is 83.7 cm³/mol. The minimum Gasteiger partial charge on any atom is -0.462 e. The van der Waals surface area contributed by atoms with Crippen LogP contribution >= 0.6 is 0 Å². The Bertz CT molecular complexity index is 803. The molecule has 1 aliphatic heterocycles. The number of nitrogens with one attached hydrogen (secondary N) is 1. The van der Waals surface area contributed by atoms with Crippen molar-refractivity contribution >= 4 is 23.5 Å². The molecular weight excluding hydrogens is 298 g/mol. The van der Waals surface area contributed by atoms with Crippen LogP contribution in [-0.4, -0.2) is 18.5 Å². The van der Waals surface area contributed by atoms with Crippen LogP contribution in [0.1, 0.15) is 28.8 Å². The monoisotopic (exact) mass is 313 g/mol. The second-order valence-electron chi connectivity index (χ2n) is 5.08. The minimum absolute atomic E-state index is 0.0990. The molecule has 1 N–H and O–H groups in total. The van der Waals surface area contributed by atoms with Gasteiger partial charge in [0.05, 0.1) is 5.69 Å². The van der Waals surface area contributed by atoms with E-state index in [2.05, 4.69) is 5.32 Å². The van der Waals surface area contributed by atoms with Crippen LogP contribution in [0.2, 0.25) is 0 Å². The summed E-state index contributed by atoms with van der Waals surface area (Å²) >= 11 is 0. The molecule has 1 aliphatic rings. The van der Waals surface area contributed by atoms with Gasteiger partial charge in [-0.3, -0.25) is 9.59 Å². The van der Waals surface area contributed by atoms with Gasteiger partial charge in [0.15, 0.2) is 17.3 Å². The highest BCUT2D eigenvalue weighted by Crippen LogP contribution is 2.37. The number of hydrogen-bond acceptors (Lipinski definition) is 5. The van der Waals surface area contributed by atoms with Gasteiger partial charge in [-0.2, -0.15) is 0 Å². The smallest absolute Gasteiger partial charge is 0.248 e. The molecule has 1 amide bonds. The molecule has 1 aromatic heterocycles. The van der Waals surface area contributed by atoms with Gasteiger partial charge in [0, 0.05) is 17.7 Å². The number of aryl methyl sites for hydroxylation is 1. The molecule has 1 aromatic carbocycles. The van der Waals surface area contributed by atoms with Crippen LogP contribution in [0.5, 0.6) is 11.5 Å². The molecule has 0 saturated carbocycles. The van der Waals surface area contributed by atoms with E-state index in [1.165, 1.54) is 13.0 Å². The number of fused-ring (bicyclic) bond motifs is 1. The average molecular weight is 313 g/mol. The maximum Gasteiger partial charge on any atom is 0.248 e. The number of anilines is 1. The Morgan fingerprint density at radius 2 is 1.91 bits per heavy atom. The highest BCUT2D eigenvalue weighted by molar-refractivity contribution is 6.08. The molecule has 6 nitrogen and oxygen atoms in total. The van der Waals surface area contributed by atoms with E-state index >= 15 is 0 Å². The first-order valence-corrected chi connectivity index (χ1v) is 7.03. The Morgan fingerprint density at radius 3 is 2.57 bits per heavy atom. The van der Waals surface area contributed by atoms with Crippen LogP contribution in [0.4, 0.5) is 5.69 Å². The zero-order valence-corrected chi connectivity index (χ0v) is 12.7. The van der Waals surface area contributed by atoms with Crippen molar-refractivity contribution in [2.45, 2.75) is 13.8 Å². The van der Waals surface area contributed by atoms with Gasteiger partial charge in [0.2, 0.25) is 12.7 Å². The van der Waals surface area contributed by atoms with E-state index in [1.54, 1.807) is 24.3 Å². The Labute approximate surface area is 132 Å². The molecule has 2 aromatic rings. The fourth-order valence-electron chi connectivity index (χ4n) is 2.21. The Hall–Kier alpha value is -3.02. The SMILES string of the molecule is CC(=O)c1cc2c(cc1NC(=O)/C=C/c1ccc(C)o1)OCO2. The minimum atomic E-state index is -0.375. The highest BCUT2D eigenvalue weighted by atomic mass is 16.7. The Kier molecular flexibility index (Phi) is 3.89. The van der Waals surface area contributed by atoms with Gasteiger partial charge < -0.3 is 19.2 Å². The maximum atomic E-state index is 12.0. The Morgan fingerprint density at radius 1 is 1.17 bits per heavy atom. The van der Waals surface area contributed by atoms with Gasteiger partial charge in [0.1, 0.15) is 11.5 Å². The van der Waals surface area contributed by atoms with Crippen molar-refractivity contribution in [3.8, 4) is 11.5 Å². The number of ketones is 1. The number of rotatable bonds is 4. The van der Waals surface area contributed by atoms with Gasteiger partial charge in [0.25, 0.3) is 0 Å². The normalized spacial score (nSPS) is 12.6. The van der Waals surface area contributed by atoms with E-state index in [-0.39, 0.29) is 18.5 Å². The molecule has 0 fully saturated rings. The number of amides is 1. The fourth-order valence-corrected chi connectivity index (χ4v) is 2.21. The predicted octanol–water partition coefficient (Wildman–Crippen LogP) is 3.17. The molecule has 3 rings (SSSR count). The lowest BCUT2D eigenvalue weighted by Crippen LogP contribution is -2.11. The summed E-state index contributed by atoms with van der Waals surface area (Å²) in [5.41, 5.74) is 0.747. The summed E-state index contributed by atoms with van der Waals surface area (Å²) in [4.78, 5) is 23.8. The van der Waals surface area contributed by atoms with E-state index in [4.69, 9.17) is 13.9 Å². The first-order chi connectivity index (χ1) is 11.0. The summed E-state index contributed by atoms with van der Waals surface area (Å²) in [6, 6.07) is 6.73. The quantitative estimate of drug-likeness (QED) is 0.693. The molecule has 0 aliphatic carbocycles. The standard InChI is InChI=1S/C17H15NO5/c1-10-3-4-12(23-10)5-6-17(20)18-14-8-16-15(21-9-22-16)7-13(14)11(2)19/h3-8H,9H2,1-2H3,(H,18,20)/b6-5+. The highest BCUT2D eigenvalue weighted by Gasteiger charge is 2.19. The first kappa shape index (κ1) is 14.9. The topological polar surface area (TPSA) is 77.8 Å². The van der Waals surface area contributed by atoms with Gasteiger partial charge in [-0.15, -0.1) is 0 Å². The average Bonchev–Trinajstić information content (AvgIpc) is 3.12. The molecule has 0 unspecified atom stereocenters. The second kappa shape index (κ2) is 6.00. The Balaban J connectivity index is 1.80. The number of benzene rings is 1. The maximum absolute atomic E-state index is 12.0. The van der Waals surface area contributed by atoms with E-state index in [9.17, 15) is 9.59 Å². The van der Waals surface area contributed by atoms with Crippen molar-refractivity contribution in [2.24, 2.45) is 0 Å². The summed E-state index contributed by atoms with van der Waals surface area (Å²) in [7, 11) is 0. The third kappa shape index (κ3) is 3.26. The molecule has 0 radical (unpaired) electrons. The van der Waals surface area contributed by atoms with Crippen molar-refractivity contribution < 1.29 is 23.5 Å². The third-order valence-electron chi connectivity index (χ3n) is 3.31. The van der Waals surface area contributed by atoms with Crippen LogP contribution in [0.15, 0.2) is 34.8 Å². The van der Waals surface area contributed by atoms with Crippen molar-refractivity contribution in [2.75, 3.05) is 12.1 Å². The lowest BCUT2D eigenvalue weighted by molar-refractivity contribution is -0.111. The lowest BCUT2D eigenvalue weighted by Gasteiger charge is -2.09. The number of ether oxygens (including phenoxy) is 2. The van der Waals surface area contributed by atoms with Crippen LogP contribution in [0.3, 0.4) is 0 Å². The number of hydrogen-bond donors (Lipinski definition) is 1. The summed E-state index contributed by atoms with van der Waals surface area (Å²) < 4.78 is 15.9. The number of Topliss-reactive ketones (excluding diaryl/α,β-unsaturated/α-hetero) is 1. The first-order valence-electron chi connectivity index (χ1n) is 7.03. The molecule has 0 saturated heterocycles. The molecule has 2 heterocycles. The van der Waals surface area contributed by atoms with Crippen molar-refractivity contribution in [1.82, 2.24) is 0 Å². The molecule has 118 valence electrons. The van der Waals surface area contributed by atoms with E-state index < -0.39 is 0 Å². The summed E-state index contributed by atoms with van der Waals surface area (Å²) in [5.74, 6) is 1.78. The van der Waals surface area contributed by atoms with Gasteiger partial charge in [-0.1, -0.05) is 0 Å². The van der Waals surface area contributed by atoms with Gasteiger partial charge in [-0.25, -0.2) is 0 Å². The van der Waals surface area contributed by atoms with Crippen molar-refractivity contribution in [3.63, 3.8) is 0 Å². The van der Waals surface area contributed by atoms with Crippen molar-refractivity contribution in [1.29, 1.82) is 0 Å². The molecule has 23 heavy (non-hydrogen) atoms. The molecule has 0 atom stereocenters. The number of furan rings is 1. The van der Waals surface area contributed by atoms with Crippen LogP contribution in [-0.2, 0) is 4.79 Å². The molecule has 6 heteroatoms. The molecule has 0 bridgehead atoms. The second-order valence-corrected chi connectivity index (χ2v) is 5.08. The fraction of sp³-hybridized carbons (Fsp3) is 0.176. The van der Waals surface area contributed by atoms with Crippen LogP contribution in [0.25, 0.3) is 6.08 Å². The van der Waals surface area contributed by atoms with Crippen LogP contribution < -0.4 is 14.8 Å². The third-order valence-corrected chi connectivity index (χ3v) is 3.31.